The Labute approximate surface area is 126 Å². The zero-order valence-electron chi connectivity index (χ0n) is 13.1. The first-order valence-electron chi connectivity index (χ1n) is 7.89. The molecule has 3 rings (SSSR count). The first-order chi connectivity index (χ1) is 10.2. The Morgan fingerprint density at radius 1 is 1.10 bits per heavy atom. The molecule has 1 aromatic heterocycles. The molecule has 21 heavy (non-hydrogen) atoms. The molecule has 0 saturated carbocycles. The zero-order chi connectivity index (χ0) is 14.8. The molecule has 0 spiro atoms. The van der Waals surface area contributed by atoms with Crippen LogP contribution in [0.4, 0.5) is 0 Å². The van der Waals surface area contributed by atoms with Crippen molar-refractivity contribution in [3.8, 4) is 11.3 Å². The van der Waals surface area contributed by atoms with Crippen molar-refractivity contribution in [1.82, 2.24) is 15.3 Å². The highest BCUT2D eigenvalue weighted by Crippen LogP contribution is 2.37. The summed E-state index contributed by atoms with van der Waals surface area (Å²) in [5.41, 5.74) is 6.15. The fourth-order valence-electron chi connectivity index (χ4n) is 3.20. The second-order valence-corrected chi connectivity index (χ2v) is 5.86. The predicted octanol–water partition coefficient (Wildman–Crippen LogP) is 4.00. The molecule has 2 atom stereocenters. The number of aromatic nitrogens is 2. The van der Waals surface area contributed by atoms with Gasteiger partial charge in [-0.3, -0.25) is 0 Å². The molecule has 1 N–H and O–H groups in total. The van der Waals surface area contributed by atoms with Gasteiger partial charge in [0.15, 0.2) is 0 Å². The van der Waals surface area contributed by atoms with Gasteiger partial charge in [0.25, 0.3) is 0 Å². The predicted molar refractivity (Wildman–Crippen MR) is 86.3 cm³/mol. The first kappa shape index (κ1) is 14.2. The molecule has 0 amide bonds. The number of nitrogens with zero attached hydrogens (tertiary/aromatic N) is 2. The van der Waals surface area contributed by atoms with Crippen LogP contribution >= 0.6 is 0 Å². The van der Waals surface area contributed by atoms with E-state index in [2.05, 4.69) is 60.3 Å². The summed E-state index contributed by atoms with van der Waals surface area (Å²) in [6.07, 6.45) is 3.90. The third kappa shape index (κ3) is 2.58. The van der Waals surface area contributed by atoms with Gasteiger partial charge in [0.1, 0.15) is 6.33 Å². The van der Waals surface area contributed by atoms with Crippen LogP contribution in [0.25, 0.3) is 11.3 Å². The molecule has 0 aliphatic carbocycles. The fraction of sp³-hybridized carbons (Fsp3) is 0.444. The number of rotatable bonds is 3. The maximum Gasteiger partial charge on any atom is 0.116 e. The van der Waals surface area contributed by atoms with E-state index in [4.69, 9.17) is 0 Å². The Kier molecular flexibility index (Phi) is 4.02. The Balaban J connectivity index is 2.15. The fourth-order valence-corrected chi connectivity index (χ4v) is 3.20. The van der Waals surface area contributed by atoms with Gasteiger partial charge in [-0.15, -0.1) is 0 Å². The summed E-state index contributed by atoms with van der Waals surface area (Å²) in [4.78, 5) is 9.22. The second kappa shape index (κ2) is 5.94. The quantitative estimate of drug-likeness (QED) is 0.924. The highest BCUT2D eigenvalue weighted by molar-refractivity contribution is 5.65. The van der Waals surface area contributed by atoms with Gasteiger partial charge >= 0.3 is 0 Å². The normalized spacial score (nSPS) is 21.1. The standard InChI is InChI=1S/C18H23N3/c1-4-13-10-19-15(5-2)18-16(13)17(20-11-21-18)14-8-6-12(3)7-9-14/h6-9,11,13,15,19H,4-5,10H2,1-3H3. The number of hydrogen-bond acceptors (Lipinski definition) is 3. The largest absolute Gasteiger partial charge is 0.308 e. The number of fused-ring (bicyclic) bond motifs is 1. The average Bonchev–Trinajstić information content (AvgIpc) is 2.54. The van der Waals surface area contributed by atoms with Crippen LogP contribution < -0.4 is 5.32 Å². The van der Waals surface area contributed by atoms with Crippen molar-refractivity contribution in [2.45, 2.75) is 45.6 Å². The van der Waals surface area contributed by atoms with Gasteiger partial charge in [-0.25, -0.2) is 9.97 Å². The van der Waals surface area contributed by atoms with Gasteiger partial charge < -0.3 is 5.32 Å². The lowest BCUT2D eigenvalue weighted by Crippen LogP contribution is -2.34. The molecule has 1 aliphatic heterocycles. The van der Waals surface area contributed by atoms with Crippen LogP contribution in [0.1, 0.15) is 55.5 Å². The molecular weight excluding hydrogens is 258 g/mol. The van der Waals surface area contributed by atoms with Crippen LogP contribution in [0.3, 0.4) is 0 Å². The molecule has 3 heteroatoms. The van der Waals surface area contributed by atoms with Gasteiger partial charge in [-0.1, -0.05) is 43.7 Å². The summed E-state index contributed by atoms with van der Waals surface area (Å²) in [5.74, 6) is 0.500. The van der Waals surface area contributed by atoms with E-state index in [1.165, 1.54) is 22.4 Å². The minimum absolute atomic E-state index is 0.356. The number of benzene rings is 1. The van der Waals surface area contributed by atoms with Crippen LogP contribution in [0.2, 0.25) is 0 Å². The Morgan fingerprint density at radius 3 is 2.52 bits per heavy atom. The molecule has 2 unspecified atom stereocenters. The third-order valence-electron chi connectivity index (χ3n) is 4.49. The van der Waals surface area contributed by atoms with Gasteiger partial charge in [0, 0.05) is 29.6 Å². The average molecular weight is 281 g/mol. The molecule has 0 saturated heterocycles. The highest BCUT2D eigenvalue weighted by Gasteiger charge is 2.29. The summed E-state index contributed by atoms with van der Waals surface area (Å²) in [6.45, 7) is 7.59. The molecule has 3 nitrogen and oxygen atoms in total. The Bertz CT molecular complexity index is 619. The van der Waals surface area contributed by atoms with Crippen LogP contribution in [0, 0.1) is 6.92 Å². The minimum Gasteiger partial charge on any atom is -0.308 e. The van der Waals surface area contributed by atoms with Crippen molar-refractivity contribution in [2.24, 2.45) is 0 Å². The minimum atomic E-state index is 0.356. The zero-order valence-corrected chi connectivity index (χ0v) is 13.1. The summed E-state index contributed by atoms with van der Waals surface area (Å²) in [6, 6.07) is 9.02. The molecule has 0 bridgehead atoms. The summed E-state index contributed by atoms with van der Waals surface area (Å²) in [5, 5.41) is 3.62. The van der Waals surface area contributed by atoms with Gasteiger partial charge in [-0.2, -0.15) is 0 Å². The topological polar surface area (TPSA) is 37.8 Å². The van der Waals surface area contributed by atoms with E-state index >= 15 is 0 Å². The van der Waals surface area contributed by atoms with E-state index in [0.717, 1.165) is 25.1 Å². The summed E-state index contributed by atoms with van der Waals surface area (Å²) in [7, 11) is 0. The van der Waals surface area contributed by atoms with Crippen LogP contribution in [-0.2, 0) is 0 Å². The van der Waals surface area contributed by atoms with Gasteiger partial charge in [0.2, 0.25) is 0 Å². The Morgan fingerprint density at radius 2 is 1.86 bits per heavy atom. The van der Waals surface area contributed by atoms with Gasteiger partial charge in [0.05, 0.1) is 11.4 Å². The smallest absolute Gasteiger partial charge is 0.116 e. The van der Waals surface area contributed by atoms with Crippen molar-refractivity contribution in [3.05, 3.63) is 47.4 Å². The van der Waals surface area contributed by atoms with Crippen molar-refractivity contribution in [2.75, 3.05) is 6.54 Å². The van der Waals surface area contributed by atoms with E-state index in [0.29, 0.717) is 12.0 Å². The van der Waals surface area contributed by atoms with E-state index in [1.54, 1.807) is 6.33 Å². The maximum atomic E-state index is 4.62. The first-order valence-corrected chi connectivity index (χ1v) is 7.89. The van der Waals surface area contributed by atoms with Crippen LogP contribution in [-0.4, -0.2) is 16.5 Å². The number of aryl methyl sites for hydroxylation is 1. The van der Waals surface area contributed by atoms with E-state index in [1.807, 2.05) is 0 Å². The lowest BCUT2D eigenvalue weighted by Gasteiger charge is -2.32. The van der Waals surface area contributed by atoms with E-state index in [-0.39, 0.29) is 0 Å². The van der Waals surface area contributed by atoms with E-state index < -0.39 is 0 Å². The molecule has 2 heterocycles. The maximum absolute atomic E-state index is 4.62. The molecule has 0 radical (unpaired) electrons. The summed E-state index contributed by atoms with van der Waals surface area (Å²) < 4.78 is 0. The highest BCUT2D eigenvalue weighted by atomic mass is 15.0. The van der Waals surface area contributed by atoms with E-state index in [9.17, 15) is 0 Å². The Hall–Kier alpha value is -1.74. The van der Waals surface area contributed by atoms with Crippen molar-refractivity contribution in [1.29, 1.82) is 0 Å². The second-order valence-electron chi connectivity index (χ2n) is 5.86. The molecule has 0 fully saturated rings. The lowest BCUT2D eigenvalue weighted by molar-refractivity contribution is 0.427. The molecule has 110 valence electrons. The monoisotopic (exact) mass is 281 g/mol. The van der Waals surface area contributed by atoms with Crippen LogP contribution in [0.15, 0.2) is 30.6 Å². The number of hydrogen-bond donors (Lipinski definition) is 1. The molecule has 1 aliphatic rings. The SMILES string of the molecule is CCC1CNC(CC)c2ncnc(-c3ccc(C)cc3)c21. The van der Waals surface area contributed by atoms with Crippen molar-refractivity contribution < 1.29 is 0 Å². The van der Waals surface area contributed by atoms with Crippen molar-refractivity contribution in [3.63, 3.8) is 0 Å². The molecule has 1 aromatic carbocycles. The molecule has 2 aromatic rings. The van der Waals surface area contributed by atoms with Gasteiger partial charge in [-0.05, 0) is 19.8 Å². The summed E-state index contributed by atoms with van der Waals surface area (Å²) >= 11 is 0. The number of nitrogens with one attached hydrogen (secondary N) is 1. The lowest BCUT2D eigenvalue weighted by atomic mass is 9.85. The van der Waals surface area contributed by atoms with Crippen LogP contribution in [0.5, 0.6) is 0 Å². The molecular formula is C18H23N3. The van der Waals surface area contributed by atoms with Crippen molar-refractivity contribution >= 4 is 0 Å². The third-order valence-corrected chi connectivity index (χ3v) is 4.49.